The minimum Gasteiger partial charge on any atom is -0.258 e. The maximum Gasteiger partial charge on any atom is 0.273 e. The molecule has 27 heavy (non-hydrogen) atoms. The van der Waals surface area contributed by atoms with Crippen molar-refractivity contribution in [1.29, 1.82) is 0 Å². The smallest absolute Gasteiger partial charge is 0.258 e. The first kappa shape index (κ1) is 18.0. The molecule has 0 aliphatic carbocycles. The third kappa shape index (κ3) is 3.11. The van der Waals surface area contributed by atoms with Crippen molar-refractivity contribution in [2.45, 2.75) is 30.7 Å². The maximum atomic E-state index is 13.2. The van der Waals surface area contributed by atoms with Crippen molar-refractivity contribution in [2.24, 2.45) is 0 Å². The van der Waals surface area contributed by atoms with Gasteiger partial charge in [0.1, 0.15) is 5.01 Å². The molecule has 1 fully saturated rings. The van der Waals surface area contributed by atoms with Crippen molar-refractivity contribution < 1.29 is 13.3 Å². The number of rotatable bonds is 4. The molecule has 0 radical (unpaired) electrons. The number of para-hydroxylation sites is 1. The number of sulfonamides is 1. The number of aromatic nitrogens is 1. The molecule has 1 saturated heterocycles. The lowest BCUT2D eigenvalue weighted by atomic mass is 10.2. The van der Waals surface area contributed by atoms with Crippen LogP contribution in [0.3, 0.4) is 0 Å². The van der Waals surface area contributed by atoms with E-state index in [2.05, 4.69) is 4.98 Å². The zero-order valence-corrected chi connectivity index (χ0v) is 16.2. The number of hydrogen-bond acceptors (Lipinski definition) is 6. The van der Waals surface area contributed by atoms with E-state index in [0.717, 1.165) is 27.7 Å². The van der Waals surface area contributed by atoms with E-state index in [1.54, 1.807) is 6.92 Å². The minimum absolute atomic E-state index is 0.0483. The Kier molecular flexibility index (Phi) is 4.45. The number of hydrogen-bond donors (Lipinski definition) is 0. The van der Waals surface area contributed by atoms with Gasteiger partial charge in [-0.25, -0.2) is 13.4 Å². The lowest BCUT2D eigenvalue weighted by Crippen LogP contribution is -2.30. The van der Waals surface area contributed by atoms with Gasteiger partial charge in [-0.2, -0.15) is 4.31 Å². The Balaban J connectivity index is 1.74. The minimum atomic E-state index is -3.85. The summed E-state index contributed by atoms with van der Waals surface area (Å²) in [7, 11) is -3.85. The van der Waals surface area contributed by atoms with Gasteiger partial charge in [0.25, 0.3) is 5.69 Å². The van der Waals surface area contributed by atoms with Crippen LogP contribution in [0.4, 0.5) is 5.69 Å². The third-order valence-corrected chi connectivity index (χ3v) is 7.82. The quantitative estimate of drug-likeness (QED) is 0.484. The Morgan fingerprint density at radius 1 is 1.26 bits per heavy atom. The molecule has 2 aromatic carbocycles. The van der Waals surface area contributed by atoms with Crippen molar-refractivity contribution in [3.05, 3.63) is 63.1 Å². The highest BCUT2D eigenvalue weighted by molar-refractivity contribution is 7.89. The summed E-state index contributed by atoms with van der Waals surface area (Å²) >= 11 is 1.49. The van der Waals surface area contributed by atoms with Gasteiger partial charge in [0, 0.05) is 18.2 Å². The van der Waals surface area contributed by atoms with E-state index in [-0.39, 0.29) is 16.6 Å². The van der Waals surface area contributed by atoms with Gasteiger partial charge in [0.15, 0.2) is 0 Å². The van der Waals surface area contributed by atoms with Crippen molar-refractivity contribution >= 4 is 37.3 Å². The second-order valence-corrected chi connectivity index (χ2v) is 9.45. The largest absolute Gasteiger partial charge is 0.273 e. The maximum absolute atomic E-state index is 13.2. The number of aryl methyl sites for hydroxylation is 1. The molecule has 1 aliphatic heterocycles. The SMILES string of the molecule is Cc1ccc(S(=O)(=O)N2CCC[C@@H]2c2nc3ccccc3s2)cc1[N+](=O)[O-]. The summed E-state index contributed by atoms with van der Waals surface area (Å²) in [6.07, 6.45) is 1.42. The van der Waals surface area contributed by atoms with Gasteiger partial charge in [-0.1, -0.05) is 18.2 Å². The van der Waals surface area contributed by atoms with Crippen LogP contribution in [-0.4, -0.2) is 29.2 Å². The van der Waals surface area contributed by atoms with E-state index in [1.807, 2.05) is 24.3 Å². The van der Waals surface area contributed by atoms with Crippen LogP contribution >= 0.6 is 11.3 Å². The molecule has 4 rings (SSSR count). The Morgan fingerprint density at radius 3 is 2.78 bits per heavy atom. The summed E-state index contributed by atoms with van der Waals surface area (Å²) in [5.41, 5.74) is 1.10. The number of thiazole rings is 1. The Hall–Kier alpha value is -2.36. The van der Waals surface area contributed by atoms with Crippen molar-refractivity contribution in [3.63, 3.8) is 0 Å². The summed E-state index contributed by atoms with van der Waals surface area (Å²) in [6, 6.07) is 11.4. The summed E-state index contributed by atoms with van der Waals surface area (Å²) in [5.74, 6) is 0. The molecule has 2 heterocycles. The van der Waals surface area contributed by atoms with Gasteiger partial charge in [-0.3, -0.25) is 10.1 Å². The van der Waals surface area contributed by atoms with Crippen molar-refractivity contribution in [3.8, 4) is 0 Å². The van der Waals surface area contributed by atoms with E-state index in [9.17, 15) is 18.5 Å². The number of nitro groups is 1. The molecule has 1 aromatic heterocycles. The Morgan fingerprint density at radius 2 is 2.04 bits per heavy atom. The van der Waals surface area contributed by atoms with Gasteiger partial charge >= 0.3 is 0 Å². The highest BCUT2D eigenvalue weighted by Gasteiger charge is 2.38. The molecule has 1 aliphatic rings. The lowest BCUT2D eigenvalue weighted by molar-refractivity contribution is -0.385. The fraction of sp³-hybridized carbons (Fsp3) is 0.278. The van der Waals surface area contributed by atoms with Crippen LogP contribution in [0.25, 0.3) is 10.2 Å². The predicted octanol–water partition coefficient (Wildman–Crippen LogP) is 4.04. The third-order valence-electron chi connectivity index (χ3n) is 4.78. The zero-order valence-electron chi connectivity index (χ0n) is 14.5. The number of nitrogens with zero attached hydrogens (tertiary/aromatic N) is 3. The van der Waals surface area contributed by atoms with E-state index in [1.165, 1.54) is 27.8 Å². The molecule has 0 unspecified atom stereocenters. The summed E-state index contributed by atoms with van der Waals surface area (Å²) < 4.78 is 28.8. The standard InChI is InChI=1S/C18H17N3O4S2/c1-12-8-9-13(11-16(12)21(22)23)27(24,25)20-10-4-6-15(20)18-19-14-5-2-3-7-17(14)26-18/h2-3,5,7-9,11,15H,4,6,10H2,1H3/t15-/m1/s1. The van der Waals surface area contributed by atoms with Crippen LogP contribution in [0.2, 0.25) is 0 Å². The summed E-state index contributed by atoms with van der Waals surface area (Å²) in [6.45, 7) is 1.97. The molecule has 9 heteroatoms. The summed E-state index contributed by atoms with van der Waals surface area (Å²) in [5, 5.41) is 12.0. The molecule has 0 amide bonds. The predicted molar refractivity (Wildman–Crippen MR) is 103 cm³/mol. The van der Waals surface area contributed by atoms with Crippen LogP contribution in [0.5, 0.6) is 0 Å². The van der Waals surface area contributed by atoms with Gasteiger partial charge in [0.2, 0.25) is 10.0 Å². The van der Waals surface area contributed by atoms with Crippen LogP contribution in [0, 0.1) is 17.0 Å². The zero-order chi connectivity index (χ0) is 19.2. The molecule has 140 valence electrons. The van der Waals surface area contributed by atoms with Gasteiger partial charge in [-0.15, -0.1) is 11.3 Å². The average molecular weight is 403 g/mol. The molecule has 0 spiro atoms. The van der Waals surface area contributed by atoms with Crippen LogP contribution in [-0.2, 0) is 10.0 Å². The van der Waals surface area contributed by atoms with Gasteiger partial charge < -0.3 is 0 Å². The normalized spacial score (nSPS) is 18.2. The number of nitro benzene ring substituents is 1. The number of fused-ring (bicyclic) bond motifs is 1. The second-order valence-electron chi connectivity index (χ2n) is 6.50. The molecule has 0 bridgehead atoms. The highest BCUT2D eigenvalue weighted by Crippen LogP contribution is 2.40. The molecular formula is C18H17N3O4S2. The van der Waals surface area contributed by atoms with E-state index in [0.29, 0.717) is 18.5 Å². The first-order chi connectivity index (χ1) is 12.9. The summed E-state index contributed by atoms with van der Waals surface area (Å²) in [4.78, 5) is 15.2. The Bertz CT molecular complexity index is 1110. The van der Waals surface area contributed by atoms with Crippen molar-refractivity contribution in [2.75, 3.05) is 6.54 Å². The van der Waals surface area contributed by atoms with E-state index in [4.69, 9.17) is 0 Å². The monoisotopic (exact) mass is 403 g/mol. The van der Waals surface area contributed by atoms with E-state index >= 15 is 0 Å². The van der Waals surface area contributed by atoms with E-state index < -0.39 is 14.9 Å². The fourth-order valence-electron chi connectivity index (χ4n) is 3.39. The molecule has 7 nitrogen and oxygen atoms in total. The molecule has 3 aromatic rings. The Labute approximate surface area is 160 Å². The lowest BCUT2D eigenvalue weighted by Gasteiger charge is -2.22. The highest BCUT2D eigenvalue weighted by atomic mass is 32.2. The van der Waals surface area contributed by atoms with Crippen LogP contribution in [0.15, 0.2) is 47.4 Å². The van der Waals surface area contributed by atoms with Gasteiger partial charge in [0.05, 0.1) is 26.1 Å². The van der Waals surface area contributed by atoms with Crippen LogP contribution < -0.4 is 0 Å². The van der Waals surface area contributed by atoms with Gasteiger partial charge in [-0.05, 0) is 38.0 Å². The first-order valence-corrected chi connectivity index (χ1v) is 10.8. The van der Waals surface area contributed by atoms with Crippen molar-refractivity contribution in [1.82, 2.24) is 9.29 Å². The number of benzene rings is 2. The molecule has 0 N–H and O–H groups in total. The second kappa shape index (κ2) is 6.66. The molecular weight excluding hydrogens is 386 g/mol. The van der Waals surface area contributed by atoms with Crippen LogP contribution in [0.1, 0.15) is 29.5 Å². The average Bonchev–Trinajstić information content (AvgIpc) is 3.28. The topological polar surface area (TPSA) is 93.4 Å². The molecule has 1 atom stereocenters. The molecule has 0 saturated carbocycles. The fourth-order valence-corrected chi connectivity index (χ4v) is 6.25. The first-order valence-electron chi connectivity index (χ1n) is 8.50.